The smallest absolute Gasteiger partial charge is 0.243 e. The molecular weight excluding hydrogens is 336 g/mol. The molecule has 0 aliphatic carbocycles. The van der Waals surface area contributed by atoms with Crippen LogP contribution in [0.4, 0.5) is 25.8 Å². The van der Waals surface area contributed by atoms with E-state index in [4.69, 9.17) is 0 Å². The van der Waals surface area contributed by atoms with Gasteiger partial charge < -0.3 is 15.5 Å². The van der Waals surface area contributed by atoms with Gasteiger partial charge in [-0.15, -0.1) is 0 Å². The van der Waals surface area contributed by atoms with Gasteiger partial charge in [0.05, 0.1) is 17.9 Å². The van der Waals surface area contributed by atoms with Crippen molar-refractivity contribution in [3.05, 3.63) is 54.1 Å². The van der Waals surface area contributed by atoms with Gasteiger partial charge in [-0.25, -0.2) is 8.78 Å². The van der Waals surface area contributed by atoms with Gasteiger partial charge in [0.1, 0.15) is 0 Å². The number of nitrogens with zero attached hydrogens (tertiary/aromatic N) is 1. The molecule has 1 saturated heterocycles. The van der Waals surface area contributed by atoms with Crippen LogP contribution >= 0.6 is 0 Å². The zero-order chi connectivity index (χ0) is 18.4. The highest BCUT2D eigenvalue weighted by molar-refractivity contribution is 5.94. The Morgan fingerprint density at radius 3 is 2.42 bits per heavy atom. The van der Waals surface area contributed by atoms with Crippen molar-refractivity contribution in [2.75, 3.05) is 35.2 Å². The van der Waals surface area contributed by atoms with Gasteiger partial charge in [0, 0.05) is 24.8 Å². The number of carbonyl (C=O) groups is 1. The van der Waals surface area contributed by atoms with Gasteiger partial charge in [0.15, 0.2) is 11.6 Å². The van der Waals surface area contributed by atoms with E-state index in [-0.39, 0.29) is 18.1 Å². The van der Waals surface area contributed by atoms with Gasteiger partial charge in [0.2, 0.25) is 5.91 Å². The number of anilines is 3. The fraction of sp³-hybridized carbons (Fsp3) is 0.350. The van der Waals surface area contributed by atoms with Crippen LogP contribution in [0, 0.1) is 11.6 Å². The number of halogens is 2. The van der Waals surface area contributed by atoms with Crippen molar-refractivity contribution in [2.24, 2.45) is 0 Å². The highest BCUT2D eigenvalue weighted by Crippen LogP contribution is 2.27. The maximum absolute atomic E-state index is 13.2. The number of para-hydroxylation sites is 2. The van der Waals surface area contributed by atoms with Crippen molar-refractivity contribution in [3.8, 4) is 0 Å². The van der Waals surface area contributed by atoms with Crippen LogP contribution in [0.1, 0.15) is 25.7 Å². The number of benzene rings is 2. The molecule has 2 N–H and O–H groups in total. The summed E-state index contributed by atoms with van der Waals surface area (Å²) >= 11 is 0. The Hall–Kier alpha value is -2.63. The predicted molar refractivity (Wildman–Crippen MR) is 101 cm³/mol. The second-order valence-corrected chi connectivity index (χ2v) is 6.45. The van der Waals surface area contributed by atoms with E-state index in [9.17, 15) is 13.6 Å². The summed E-state index contributed by atoms with van der Waals surface area (Å²) < 4.78 is 26.2. The van der Waals surface area contributed by atoms with E-state index in [1.807, 2.05) is 18.2 Å². The van der Waals surface area contributed by atoms with Gasteiger partial charge in [-0.05, 0) is 37.1 Å². The summed E-state index contributed by atoms with van der Waals surface area (Å²) in [6.45, 7) is 2.07. The largest absolute Gasteiger partial charge is 0.374 e. The summed E-state index contributed by atoms with van der Waals surface area (Å²) in [5.74, 6) is -2.24. The molecule has 2 aromatic rings. The number of amides is 1. The van der Waals surface area contributed by atoms with E-state index in [1.165, 1.54) is 31.7 Å². The second kappa shape index (κ2) is 8.65. The molecule has 1 amide bonds. The molecule has 0 atom stereocenters. The van der Waals surface area contributed by atoms with Crippen molar-refractivity contribution < 1.29 is 13.6 Å². The van der Waals surface area contributed by atoms with Crippen LogP contribution in [-0.2, 0) is 4.79 Å². The van der Waals surface area contributed by atoms with Crippen molar-refractivity contribution in [2.45, 2.75) is 25.7 Å². The third-order valence-electron chi connectivity index (χ3n) is 4.49. The SMILES string of the molecule is O=C(CNc1ccccc1N1CCCCCC1)Nc1ccc(F)c(F)c1. The molecule has 1 aliphatic heterocycles. The fourth-order valence-electron chi connectivity index (χ4n) is 3.17. The first-order chi connectivity index (χ1) is 12.6. The van der Waals surface area contributed by atoms with Crippen LogP contribution in [0.3, 0.4) is 0 Å². The Morgan fingerprint density at radius 2 is 1.69 bits per heavy atom. The van der Waals surface area contributed by atoms with Crippen LogP contribution in [0.15, 0.2) is 42.5 Å². The molecule has 0 unspecified atom stereocenters. The molecule has 3 rings (SSSR count). The monoisotopic (exact) mass is 359 g/mol. The quantitative estimate of drug-likeness (QED) is 0.832. The van der Waals surface area contributed by atoms with E-state index < -0.39 is 11.6 Å². The molecule has 1 heterocycles. The minimum absolute atomic E-state index is 0.0455. The van der Waals surface area contributed by atoms with Gasteiger partial charge in [0.25, 0.3) is 0 Å². The minimum atomic E-state index is -0.984. The molecule has 2 aromatic carbocycles. The zero-order valence-electron chi connectivity index (χ0n) is 14.6. The normalized spacial score (nSPS) is 14.6. The average molecular weight is 359 g/mol. The standard InChI is InChI=1S/C20H23F2N3O/c21-16-10-9-15(13-17(16)22)24-20(26)14-23-18-7-3-4-8-19(18)25-11-5-1-2-6-12-25/h3-4,7-10,13,23H,1-2,5-6,11-12,14H2,(H,24,26). The van der Waals surface area contributed by atoms with E-state index in [1.54, 1.807) is 0 Å². The van der Waals surface area contributed by atoms with Crippen LogP contribution in [0.25, 0.3) is 0 Å². The summed E-state index contributed by atoms with van der Waals surface area (Å²) in [5, 5.41) is 5.72. The molecule has 0 saturated carbocycles. The number of hydrogen-bond acceptors (Lipinski definition) is 3. The predicted octanol–water partition coefficient (Wildman–Crippen LogP) is 4.40. The first-order valence-electron chi connectivity index (χ1n) is 8.96. The molecule has 1 aliphatic rings. The highest BCUT2D eigenvalue weighted by Gasteiger charge is 2.14. The Balaban J connectivity index is 1.62. The Morgan fingerprint density at radius 1 is 0.962 bits per heavy atom. The van der Waals surface area contributed by atoms with Crippen LogP contribution in [0.5, 0.6) is 0 Å². The van der Waals surface area contributed by atoms with Gasteiger partial charge in [-0.1, -0.05) is 25.0 Å². The van der Waals surface area contributed by atoms with Crippen LogP contribution in [-0.4, -0.2) is 25.5 Å². The first kappa shape index (κ1) is 18.2. The summed E-state index contributed by atoms with van der Waals surface area (Å²) in [5.41, 5.74) is 2.22. The Labute approximate surface area is 152 Å². The lowest BCUT2D eigenvalue weighted by molar-refractivity contribution is -0.114. The molecule has 0 spiro atoms. The first-order valence-corrected chi connectivity index (χ1v) is 8.96. The maximum atomic E-state index is 13.2. The van der Waals surface area contributed by atoms with Crippen molar-refractivity contribution >= 4 is 23.0 Å². The maximum Gasteiger partial charge on any atom is 0.243 e. The lowest BCUT2D eigenvalue weighted by Crippen LogP contribution is -2.26. The van der Waals surface area contributed by atoms with E-state index in [2.05, 4.69) is 21.6 Å². The lowest BCUT2D eigenvalue weighted by atomic mass is 10.2. The Bertz CT molecular complexity index is 758. The van der Waals surface area contributed by atoms with E-state index in [0.29, 0.717) is 0 Å². The molecule has 6 heteroatoms. The molecule has 0 radical (unpaired) electrons. The highest BCUT2D eigenvalue weighted by atomic mass is 19.2. The van der Waals surface area contributed by atoms with Crippen molar-refractivity contribution in [3.63, 3.8) is 0 Å². The Kier molecular flexibility index (Phi) is 6.04. The van der Waals surface area contributed by atoms with Crippen LogP contribution < -0.4 is 15.5 Å². The third-order valence-corrected chi connectivity index (χ3v) is 4.49. The topological polar surface area (TPSA) is 44.4 Å². The minimum Gasteiger partial charge on any atom is -0.374 e. The van der Waals surface area contributed by atoms with Gasteiger partial charge >= 0.3 is 0 Å². The number of carbonyl (C=O) groups excluding carboxylic acids is 1. The number of rotatable bonds is 5. The van der Waals surface area contributed by atoms with E-state index >= 15 is 0 Å². The molecule has 4 nitrogen and oxygen atoms in total. The van der Waals surface area contributed by atoms with Crippen molar-refractivity contribution in [1.82, 2.24) is 0 Å². The molecule has 138 valence electrons. The summed E-state index contributed by atoms with van der Waals surface area (Å²) in [4.78, 5) is 14.5. The molecule has 0 aromatic heterocycles. The lowest BCUT2D eigenvalue weighted by Gasteiger charge is -2.25. The molecule has 26 heavy (non-hydrogen) atoms. The van der Waals surface area contributed by atoms with Gasteiger partial charge in [-0.3, -0.25) is 4.79 Å². The molecule has 0 bridgehead atoms. The zero-order valence-corrected chi connectivity index (χ0v) is 14.6. The average Bonchev–Trinajstić information content (AvgIpc) is 2.93. The molecular formula is C20H23F2N3O. The fourth-order valence-corrected chi connectivity index (χ4v) is 3.17. The van der Waals surface area contributed by atoms with E-state index in [0.717, 1.165) is 36.6 Å². The van der Waals surface area contributed by atoms with Crippen molar-refractivity contribution in [1.29, 1.82) is 0 Å². The number of hydrogen-bond donors (Lipinski definition) is 2. The number of nitrogens with one attached hydrogen (secondary N) is 2. The third kappa shape index (κ3) is 4.71. The van der Waals surface area contributed by atoms with Gasteiger partial charge in [-0.2, -0.15) is 0 Å². The summed E-state index contributed by atoms with van der Waals surface area (Å²) in [7, 11) is 0. The second-order valence-electron chi connectivity index (χ2n) is 6.45. The summed E-state index contributed by atoms with van der Waals surface area (Å²) in [6.07, 6.45) is 4.85. The molecule has 1 fully saturated rings. The van der Waals surface area contributed by atoms with Crippen LogP contribution in [0.2, 0.25) is 0 Å². The summed E-state index contributed by atoms with van der Waals surface area (Å²) in [6, 6.07) is 11.2.